The fourth-order valence-electron chi connectivity index (χ4n) is 5.24. The number of allylic oxidation sites excluding steroid dienone is 2. The number of unbranched alkanes of at least 4 members (excludes halogenated alkanes) is 15. The molecule has 1 rings (SSSR count). The standard InChI is InChI=1S/C30H57N3O/c1-4-6-7-8-9-10-11-12-13-14-15-16-17-18-19-20-21-22-23-24-30-32-26-28-33(30,5-2)27-25-31-29(3)34/h17-18,26,30H,4-16,19-25,27-28H2,1-3H3/p+1/b18-17+. The second-order valence-corrected chi connectivity index (χ2v) is 10.5. The van der Waals surface area contributed by atoms with Crippen molar-refractivity contribution >= 4 is 12.1 Å². The van der Waals surface area contributed by atoms with E-state index in [9.17, 15) is 4.79 Å². The fourth-order valence-corrected chi connectivity index (χ4v) is 5.24. The molecule has 0 saturated heterocycles. The molecule has 4 nitrogen and oxygen atoms in total. The first-order chi connectivity index (χ1) is 16.6. The average Bonchev–Trinajstić information content (AvgIpc) is 3.23. The zero-order valence-corrected chi connectivity index (χ0v) is 23.2. The van der Waals surface area contributed by atoms with Crippen LogP contribution in [0.2, 0.25) is 0 Å². The van der Waals surface area contributed by atoms with Crippen LogP contribution < -0.4 is 5.32 Å². The number of carbonyl (C=O) groups is 1. The van der Waals surface area contributed by atoms with E-state index in [0.29, 0.717) is 6.17 Å². The summed E-state index contributed by atoms with van der Waals surface area (Å²) in [5.74, 6) is 0.0683. The van der Waals surface area contributed by atoms with E-state index in [1.807, 2.05) is 0 Å². The first kappa shape index (κ1) is 30.9. The van der Waals surface area contributed by atoms with Gasteiger partial charge < -0.3 is 5.32 Å². The lowest BCUT2D eigenvalue weighted by molar-refractivity contribution is -0.935. The number of likely N-dealkylation sites (N-methyl/N-ethyl adjacent to an activating group) is 1. The van der Waals surface area contributed by atoms with Gasteiger partial charge in [-0.3, -0.25) is 9.28 Å². The maximum absolute atomic E-state index is 11.2. The summed E-state index contributed by atoms with van der Waals surface area (Å²) in [4.78, 5) is 16.0. The lowest BCUT2D eigenvalue weighted by Gasteiger charge is -2.38. The largest absolute Gasteiger partial charge is 0.351 e. The lowest BCUT2D eigenvalue weighted by Crippen LogP contribution is -2.55. The Bertz CT molecular complexity index is 545. The monoisotopic (exact) mass is 476 g/mol. The van der Waals surface area contributed by atoms with Gasteiger partial charge in [0.15, 0.2) is 6.17 Å². The number of rotatable bonds is 23. The Hall–Kier alpha value is -1.16. The molecule has 1 amide bonds. The highest BCUT2D eigenvalue weighted by atomic mass is 16.1. The van der Waals surface area contributed by atoms with Gasteiger partial charge in [-0.15, -0.1) is 0 Å². The second kappa shape index (κ2) is 21.1. The summed E-state index contributed by atoms with van der Waals surface area (Å²) in [6, 6.07) is 0. The summed E-state index contributed by atoms with van der Waals surface area (Å²) >= 11 is 0. The lowest BCUT2D eigenvalue weighted by atomic mass is 10.0. The molecule has 0 aromatic heterocycles. The van der Waals surface area contributed by atoms with Crippen LogP contribution in [0, 0.1) is 0 Å². The summed E-state index contributed by atoms with van der Waals surface area (Å²) < 4.78 is 1.02. The smallest absolute Gasteiger partial charge is 0.217 e. The summed E-state index contributed by atoms with van der Waals surface area (Å²) in [5, 5.41) is 2.96. The van der Waals surface area contributed by atoms with Crippen molar-refractivity contribution in [2.45, 2.75) is 143 Å². The second-order valence-electron chi connectivity index (χ2n) is 10.5. The van der Waals surface area contributed by atoms with E-state index in [-0.39, 0.29) is 5.91 Å². The van der Waals surface area contributed by atoms with Crippen molar-refractivity contribution in [3.8, 4) is 0 Å². The summed E-state index contributed by atoms with van der Waals surface area (Å²) in [6.45, 7) is 10.0. The van der Waals surface area contributed by atoms with E-state index in [2.05, 4.69) is 37.5 Å². The van der Waals surface area contributed by atoms with Gasteiger partial charge in [-0.25, -0.2) is 4.99 Å². The molecular formula is C30H58N3O+. The summed E-state index contributed by atoms with van der Waals surface area (Å²) in [7, 11) is 0. The minimum Gasteiger partial charge on any atom is -0.351 e. The molecule has 0 fully saturated rings. The number of quaternary nitrogens is 1. The van der Waals surface area contributed by atoms with Crippen molar-refractivity contribution < 1.29 is 9.28 Å². The minimum absolute atomic E-state index is 0.0683. The van der Waals surface area contributed by atoms with Crippen molar-refractivity contribution in [2.24, 2.45) is 4.99 Å². The Morgan fingerprint density at radius 1 is 0.853 bits per heavy atom. The molecule has 0 bridgehead atoms. The molecule has 4 heteroatoms. The van der Waals surface area contributed by atoms with Gasteiger partial charge in [0, 0.05) is 13.3 Å². The maximum atomic E-state index is 11.2. The molecule has 0 aromatic rings. The third kappa shape index (κ3) is 15.0. The number of hydrogen-bond donors (Lipinski definition) is 1. The summed E-state index contributed by atoms with van der Waals surface area (Å²) in [6.07, 6.45) is 31.9. The predicted molar refractivity (Wildman–Crippen MR) is 149 cm³/mol. The van der Waals surface area contributed by atoms with E-state index >= 15 is 0 Å². The Kier molecular flexibility index (Phi) is 19.2. The number of hydrogen-bond acceptors (Lipinski definition) is 2. The number of nitrogens with one attached hydrogen (secondary N) is 1. The van der Waals surface area contributed by atoms with Crippen molar-refractivity contribution in [3.05, 3.63) is 12.2 Å². The van der Waals surface area contributed by atoms with Crippen LogP contribution in [-0.2, 0) is 4.79 Å². The molecule has 2 unspecified atom stereocenters. The van der Waals surface area contributed by atoms with Crippen LogP contribution in [0.4, 0.5) is 0 Å². The zero-order valence-electron chi connectivity index (χ0n) is 23.2. The van der Waals surface area contributed by atoms with Gasteiger partial charge in [0.2, 0.25) is 5.91 Å². The Labute approximate surface area is 212 Å². The Balaban J connectivity index is 1.93. The van der Waals surface area contributed by atoms with E-state index in [0.717, 1.165) is 30.7 Å². The van der Waals surface area contributed by atoms with Crippen molar-refractivity contribution in [3.63, 3.8) is 0 Å². The van der Waals surface area contributed by atoms with E-state index in [1.54, 1.807) is 6.92 Å². The van der Waals surface area contributed by atoms with Gasteiger partial charge >= 0.3 is 0 Å². The molecule has 0 radical (unpaired) electrons. The van der Waals surface area contributed by atoms with Crippen molar-refractivity contribution in [2.75, 3.05) is 26.2 Å². The number of amides is 1. The molecule has 0 aromatic carbocycles. The van der Waals surface area contributed by atoms with Gasteiger partial charge in [0.25, 0.3) is 0 Å². The molecule has 1 N–H and O–H groups in total. The first-order valence-electron chi connectivity index (χ1n) is 14.9. The quantitative estimate of drug-likeness (QED) is 0.0906. The Morgan fingerprint density at radius 2 is 1.38 bits per heavy atom. The molecule has 0 aliphatic carbocycles. The van der Waals surface area contributed by atoms with Crippen LogP contribution in [0.5, 0.6) is 0 Å². The van der Waals surface area contributed by atoms with Gasteiger partial charge in [-0.2, -0.15) is 0 Å². The molecule has 198 valence electrons. The van der Waals surface area contributed by atoms with Crippen LogP contribution >= 0.6 is 0 Å². The topological polar surface area (TPSA) is 41.5 Å². The maximum Gasteiger partial charge on any atom is 0.217 e. The van der Waals surface area contributed by atoms with Gasteiger partial charge in [0.1, 0.15) is 6.54 Å². The van der Waals surface area contributed by atoms with Gasteiger partial charge in [0.05, 0.1) is 25.8 Å². The number of aliphatic imine (C=N–C) groups is 1. The molecular weight excluding hydrogens is 418 g/mol. The minimum atomic E-state index is 0.0683. The van der Waals surface area contributed by atoms with E-state index < -0.39 is 0 Å². The highest BCUT2D eigenvalue weighted by Crippen LogP contribution is 2.24. The van der Waals surface area contributed by atoms with Crippen molar-refractivity contribution in [1.29, 1.82) is 0 Å². The van der Waals surface area contributed by atoms with Crippen LogP contribution in [0.25, 0.3) is 0 Å². The van der Waals surface area contributed by atoms with Gasteiger partial charge in [-0.05, 0) is 39.0 Å². The van der Waals surface area contributed by atoms with Crippen LogP contribution in [0.3, 0.4) is 0 Å². The highest BCUT2D eigenvalue weighted by Gasteiger charge is 2.37. The van der Waals surface area contributed by atoms with E-state index in [1.165, 1.54) is 116 Å². The molecule has 1 aliphatic heterocycles. The molecule has 34 heavy (non-hydrogen) atoms. The number of carbonyl (C=O) groups excluding carboxylic acids is 1. The van der Waals surface area contributed by atoms with Gasteiger partial charge in [-0.1, -0.05) is 96.1 Å². The fraction of sp³-hybridized carbons (Fsp3) is 0.867. The third-order valence-electron chi connectivity index (χ3n) is 7.64. The third-order valence-corrected chi connectivity index (χ3v) is 7.64. The first-order valence-corrected chi connectivity index (χ1v) is 14.9. The van der Waals surface area contributed by atoms with Crippen LogP contribution in [0.15, 0.2) is 17.1 Å². The highest BCUT2D eigenvalue weighted by molar-refractivity contribution is 5.72. The molecule has 2 atom stereocenters. The predicted octanol–water partition coefficient (Wildman–Crippen LogP) is 7.97. The van der Waals surface area contributed by atoms with Crippen LogP contribution in [0.1, 0.15) is 136 Å². The van der Waals surface area contributed by atoms with Crippen LogP contribution in [-0.4, -0.2) is 48.9 Å². The SMILES string of the molecule is CCCCCCCCCCCCC/C=C/CCCCCCC1N=CC[N+]1(CC)CCNC(C)=O. The molecule has 0 saturated carbocycles. The molecule has 0 spiro atoms. The van der Waals surface area contributed by atoms with Crippen molar-refractivity contribution in [1.82, 2.24) is 5.32 Å². The average molecular weight is 477 g/mol. The summed E-state index contributed by atoms with van der Waals surface area (Å²) in [5.41, 5.74) is 0. The molecule has 1 aliphatic rings. The van der Waals surface area contributed by atoms with E-state index in [4.69, 9.17) is 4.99 Å². The number of nitrogens with zero attached hydrogens (tertiary/aromatic N) is 2. The molecule has 1 heterocycles. The zero-order chi connectivity index (χ0) is 24.7. The normalized spacial score (nSPS) is 19.9. The Morgan fingerprint density at radius 3 is 1.91 bits per heavy atom.